The summed E-state index contributed by atoms with van der Waals surface area (Å²) >= 11 is 0. The van der Waals surface area contributed by atoms with Gasteiger partial charge < -0.3 is 11.1 Å². The van der Waals surface area contributed by atoms with Crippen molar-refractivity contribution >= 4 is 11.4 Å². The summed E-state index contributed by atoms with van der Waals surface area (Å²) in [5.74, 6) is -0.300. The summed E-state index contributed by atoms with van der Waals surface area (Å²) in [4.78, 5) is 0. The first-order valence-electron chi connectivity index (χ1n) is 4.44. The van der Waals surface area contributed by atoms with Crippen LogP contribution in [0.5, 0.6) is 0 Å². The minimum atomic E-state index is -0.300. The summed E-state index contributed by atoms with van der Waals surface area (Å²) < 4.78 is 12.9. The van der Waals surface area contributed by atoms with Crippen LogP contribution in [0.3, 0.4) is 0 Å². The lowest BCUT2D eigenvalue weighted by molar-refractivity contribution is 0.628. The van der Waals surface area contributed by atoms with Gasteiger partial charge in [-0.05, 0) is 31.5 Å². The van der Waals surface area contributed by atoms with Crippen molar-refractivity contribution in [2.75, 3.05) is 11.1 Å². The van der Waals surface area contributed by atoms with Crippen LogP contribution in [0.25, 0.3) is 0 Å². The third kappa shape index (κ3) is 2.93. The lowest BCUT2D eigenvalue weighted by Crippen LogP contribution is -2.13. The number of rotatable bonds is 3. The first-order chi connectivity index (χ1) is 6.11. The molecule has 0 saturated carbocycles. The van der Waals surface area contributed by atoms with Crippen molar-refractivity contribution in [2.45, 2.75) is 26.3 Å². The lowest BCUT2D eigenvalue weighted by atomic mass is 10.2. The summed E-state index contributed by atoms with van der Waals surface area (Å²) in [5, 5.41) is 3.15. The van der Waals surface area contributed by atoms with Crippen LogP contribution in [0.2, 0.25) is 0 Å². The van der Waals surface area contributed by atoms with Crippen LogP contribution in [0, 0.1) is 5.82 Å². The van der Waals surface area contributed by atoms with Crippen LogP contribution >= 0.6 is 0 Å². The molecule has 0 bridgehead atoms. The maximum Gasteiger partial charge on any atom is 0.127 e. The third-order valence-corrected chi connectivity index (χ3v) is 1.95. The molecule has 13 heavy (non-hydrogen) atoms. The quantitative estimate of drug-likeness (QED) is 0.705. The van der Waals surface area contributed by atoms with Gasteiger partial charge in [0, 0.05) is 17.4 Å². The van der Waals surface area contributed by atoms with Gasteiger partial charge in [-0.3, -0.25) is 0 Å². The molecule has 0 radical (unpaired) electrons. The summed E-state index contributed by atoms with van der Waals surface area (Å²) in [7, 11) is 0. The molecule has 1 atom stereocenters. The molecule has 0 saturated heterocycles. The second kappa shape index (κ2) is 4.12. The number of hydrogen-bond acceptors (Lipinski definition) is 2. The van der Waals surface area contributed by atoms with Crippen LogP contribution in [-0.2, 0) is 0 Å². The van der Waals surface area contributed by atoms with Gasteiger partial charge in [-0.2, -0.15) is 0 Å². The summed E-state index contributed by atoms with van der Waals surface area (Å²) in [5.41, 5.74) is 6.69. The van der Waals surface area contributed by atoms with E-state index in [9.17, 15) is 4.39 Å². The molecule has 3 heteroatoms. The molecule has 1 aromatic carbocycles. The van der Waals surface area contributed by atoms with E-state index in [1.54, 1.807) is 6.07 Å². The molecule has 1 rings (SSSR count). The molecule has 0 aromatic heterocycles. The smallest absolute Gasteiger partial charge is 0.127 e. The normalized spacial score (nSPS) is 12.5. The van der Waals surface area contributed by atoms with Gasteiger partial charge in [0.1, 0.15) is 5.82 Å². The van der Waals surface area contributed by atoms with E-state index >= 15 is 0 Å². The molecule has 3 N–H and O–H groups in total. The highest BCUT2D eigenvalue weighted by Crippen LogP contribution is 2.16. The van der Waals surface area contributed by atoms with Crippen LogP contribution in [0.15, 0.2) is 18.2 Å². The Kier molecular flexibility index (Phi) is 3.12. The zero-order valence-corrected chi connectivity index (χ0v) is 7.97. The predicted molar refractivity (Wildman–Crippen MR) is 54.2 cm³/mol. The van der Waals surface area contributed by atoms with E-state index in [1.807, 2.05) is 6.92 Å². The van der Waals surface area contributed by atoms with Gasteiger partial charge in [0.2, 0.25) is 0 Å². The summed E-state index contributed by atoms with van der Waals surface area (Å²) in [6, 6.07) is 4.82. The Balaban J connectivity index is 2.77. The fourth-order valence-corrected chi connectivity index (χ4v) is 1.08. The molecule has 0 aliphatic carbocycles. The van der Waals surface area contributed by atoms with E-state index in [0.717, 1.165) is 12.1 Å². The number of hydrogen-bond donors (Lipinski definition) is 2. The molecule has 0 amide bonds. The molecule has 0 spiro atoms. The minimum Gasteiger partial charge on any atom is -0.399 e. The van der Waals surface area contributed by atoms with Gasteiger partial charge in [-0.25, -0.2) is 4.39 Å². The average Bonchev–Trinajstić information content (AvgIpc) is 2.02. The number of nitrogens with two attached hydrogens (primary N) is 1. The van der Waals surface area contributed by atoms with Crippen molar-refractivity contribution in [1.29, 1.82) is 0 Å². The first-order valence-corrected chi connectivity index (χ1v) is 4.44. The maximum atomic E-state index is 12.9. The van der Waals surface area contributed by atoms with E-state index in [-0.39, 0.29) is 5.82 Å². The van der Waals surface area contributed by atoms with E-state index in [0.29, 0.717) is 11.7 Å². The molecule has 0 heterocycles. The van der Waals surface area contributed by atoms with Gasteiger partial charge in [-0.15, -0.1) is 0 Å². The molecular formula is C10H15FN2. The second-order valence-corrected chi connectivity index (χ2v) is 3.23. The van der Waals surface area contributed by atoms with E-state index in [2.05, 4.69) is 12.2 Å². The fraction of sp³-hybridized carbons (Fsp3) is 0.400. The van der Waals surface area contributed by atoms with Gasteiger partial charge in [0.25, 0.3) is 0 Å². The van der Waals surface area contributed by atoms with E-state index < -0.39 is 0 Å². The zero-order chi connectivity index (χ0) is 9.84. The molecule has 0 aliphatic heterocycles. The topological polar surface area (TPSA) is 38.0 Å². The SMILES string of the molecule is CCC(C)Nc1cc(N)cc(F)c1. The van der Waals surface area contributed by atoms with Crippen molar-refractivity contribution in [3.05, 3.63) is 24.0 Å². The lowest BCUT2D eigenvalue weighted by Gasteiger charge is -2.13. The monoisotopic (exact) mass is 182 g/mol. The molecule has 1 unspecified atom stereocenters. The first kappa shape index (κ1) is 9.84. The Bertz CT molecular complexity index is 266. The van der Waals surface area contributed by atoms with Gasteiger partial charge >= 0.3 is 0 Å². The second-order valence-electron chi connectivity index (χ2n) is 3.23. The predicted octanol–water partition coefficient (Wildman–Crippen LogP) is 2.62. The Morgan fingerprint density at radius 2 is 2.15 bits per heavy atom. The zero-order valence-electron chi connectivity index (χ0n) is 7.97. The number of halogens is 1. The van der Waals surface area contributed by atoms with Crippen molar-refractivity contribution in [1.82, 2.24) is 0 Å². The Hall–Kier alpha value is -1.25. The van der Waals surface area contributed by atoms with Gasteiger partial charge in [-0.1, -0.05) is 6.92 Å². The Morgan fingerprint density at radius 1 is 1.46 bits per heavy atom. The maximum absolute atomic E-state index is 12.9. The Labute approximate surface area is 77.9 Å². The third-order valence-electron chi connectivity index (χ3n) is 1.95. The van der Waals surface area contributed by atoms with Gasteiger partial charge in [0.15, 0.2) is 0 Å². The van der Waals surface area contributed by atoms with Crippen molar-refractivity contribution in [2.24, 2.45) is 0 Å². The van der Waals surface area contributed by atoms with Crippen LogP contribution in [0.1, 0.15) is 20.3 Å². The number of benzene rings is 1. The fourth-order valence-electron chi connectivity index (χ4n) is 1.08. The average molecular weight is 182 g/mol. The largest absolute Gasteiger partial charge is 0.399 e. The van der Waals surface area contributed by atoms with Crippen molar-refractivity contribution in [3.63, 3.8) is 0 Å². The van der Waals surface area contributed by atoms with E-state index in [4.69, 9.17) is 5.73 Å². The van der Waals surface area contributed by atoms with Crippen molar-refractivity contribution in [3.8, 4) is 0 Å². The molecular weight excluding hydrogens is 167 g/mol. The van der Waals surface area contributed by atoms with Crippen molar-refractivity contribution < 1.29 is 4.39 Å². The minimum absolute atomic E-state index is 0.300. The van der Waals surface area contributed by atoms with E-state index in [1.165, 1.54) is 12.1 Å². The molecule has 1 aromatic rings. The molecule has 0 fully saturated rings. The van der Waals surface area contributed by atoms with Gasteiger partial charge in [0.05, 0.1) is 0 Å². The molecule has 2 nitrogen and oxygen atoms in total. The highest BCUT2D eigenvalue weighted by molar-refractivity contribution is 5.54. The standard InChI is InChI=1S/C10H15FN2/c1-3-7(2)13-10-5-8(11)4-9(12)6-10/h4-7,13H,3,12H2,1-2H3. The van der Waals surface area contributed by atoms with Crippen LogP contribution in [-0.4, -0.2) is 6.04 Å². The Morgan fingerprint density at radius 3 is 2.69 bits per heavy atom. The number of anilines is 2. The number of nitrogen functional groups attached to an aromatic ring is 1. The highest BCUT2D eigenvalue weighted by Gasteiger charge is 2.01. The molecule has 0 aliphatic rings. The summed E-state index contributed by atoms with van der Waals surface area (Å²) in [6.45, 7) is 4.11. The molecule has 72 valence electrons. The van der Waals surface area contributed by atoms with Crippen LogP contribution in [0.4, 0.5) is 15.8 Å². The number of nitrogens with one attached hydrogen (secondary N) is 1. The summed E-state index contributed by atoms with van der Waals surface area (Å²) in [6.07, 6.45) is 0.996. The highest BCUT2D eigenvalue weighted by atomic mass is 19.1. The van der Waals surface area contributed by atoms with Crippen LogP contribution < -0.4 is 11.1 Å².